The van der Waals surface area contributed by atoms with E-state index in [1.807, 2.05) is 42.5 Å². The molecule has 26 heavy (non-hydrogen) atoms. The number of carbonyl (C=O) groups is 1. The van der Waals surface area contributed by atoms with Crippen LogP contribution in [0, 0.1) is 0 Å². The van der Waals surface area contributed by atoms with Crippen LogP contribution >= 0.6 is 0 Å². The zero-order chi connectivity index (χ0) is 18.4. The molecule has 1 unspecified atom stereocenters. The molecule has 1 aliphatic heterocycles. The fraction of sp³-hybridized carbons (Fsp3) is 0.350. The molecule has 1 fully saturated rings. The van der Waals surface area contributed by atoms with Crippen LogP contribution in [0.5, 0.6) is 0 Å². The molecule has 1 aliphatic rings. The molecule has 2 heterocycles. The van der Waals surface area contributed by atoms with E-state index in [4.69, 9.17) is 5.73 Å². The van der Waals surface area contributed by atoms with Gasteiger partial charge in [0.25, 0.3) is 0 Å². The molecule has 6 nitrogen and oxygen atoms in total. The van der Waals surface area contributed by atoms with Crippen LogP contribution in [0.1, 0.15) is 22.8 Å². The summed E-state index contributed by atoms with van der Waals surface area (Å²) in [6.45, 7) is 5.66. The van der Waals surface area contributed by atoms with Gasteiger partial charge >= 0.3 is 0 Å². The lowest BCUT2D eigenvalue weighted by Gasteiger charge is -2.37. The number of piperazine rings is 1. The number of nitrogens with one attached hydrogen (secondary N) is 1. The third-order valence-corrected chi connectivity index (χ3v) is 4.48. The van der Waals surface area contributed by atoms with E-state index in [1.165, 1.54) is 6.92 Å². The first-order valence-electron chi connectivity index (χ1n) is 8.86. The summed E-state index contributed by atoms with van der Waals surface area (Å²) >= 11 is 0. The highest BCUT2D eigenvalue weighted by Crippen LogP contribution is 2.12. The second-order valence-electron chi connectivity index (χ2n) is 6.49. The normalized spacial score (nSPS) is 16.8. The maximum Gasteiger partial charge on any atom is 0.225 e. The molecule has 1 aromatic heterocycles. The second kappa shape index (κ2) is 8.69. The van der Waals surface area contributed by atoms with Crippen LogP contribution in [0.25, 0.3) is 11.8 Å². The van der Waals surface area contributed by atoms with Crippen LogP contribution in [-0.4, -0.2) is 59.4 Å². The van der Waals surface area contributed by atoms with Crippen molar-refractivity contribution in [3.63, 3.8) is 0 Å². The third-order valence-electron chi connectivity index (χ3n) is 4.48. The lowest BCUT2D eigenvalue weighted by molar-refractivity contribution is 0.101. The molecule has 1 aromatic carbocycles. The molecule has 0 aliphatic carbocycles. The molecule has 3 rings (SSSR count). The lowest BCUT2D eigenvalue weighted by Crippen LogP contribution is -2.48. The Kier molecular flexibility index (Phi) is 6.09. The average molecular weight is 350 g/mol. The van der Waals surface area contributed by atoms with E-state index in [9.17, 15) is 4.79 Å². The van der Waals surface area contributed by atoms with Gasteiger partial charge in [-0.3, -0.25) is 4.79 Å². The monoisotopic (exact) mass is 350 g/mol. The van der Waals surface area contributed by atoms with E-state index in [1.54, 1.807) is 12.4 Å². The van der Waals surface area contributed by atoms with E-state index in [0.29, 0.717) is 11.5 Å². The van der Waals surface area contributed by atoms with Gasteiger partial charge in [-0.15, -0.1) is 12.1 Å². The minimum atomic E-state index is -0.243. The smallest absolute Gasteiger partial charge is 0.225 e. The molecule has 0 amide bonds. The number of benzene rings is 1. The van der Waals surface area contributed by atoms with Crippen molar-refractivity contribution in [1.82, 2.24) is 14.9 Å². The minimum Gasteiger partial charge on any atom is -0.670 e. The van der Waals surface area contributed by atoms with Crippen molar-refractivity contribution >= 4 is 17.8 Å². The van der Waals surface area contributed by atoms with E-state index in [2.05, 4.69) is 19.8 Å². The highest BCUT2D eigenvalue weighted by Gasteiger charge is 2.19. The number of nitrogens with zero attached hydrogens (tertiary/aromatic N) is 4. The van der Waals surface area contributed by atoms with Crippen molar-refractivity contribution in [3.8, 4) is 0 Å². The Morgan fingerprint density at radius 2 is 1.81 bits per heavy atom. The summed E-state index contributed by atoms with van der Waals surface area (Å²) in [4.78, 5) is 24.3. The largest absolute Gasteiger partial charge is 0.670 e. The Bertz CT molecular complexity index is 737. The molecule has 2 aromatic rings. The summed E-state index contributed by atoms with van der Waals surface area (Å²) in [6, 6.07) is 9.84. The zero-order valence-electron chi connectivity index (χ0n) is 15.0. The van der Waals surface area contributed by atoms with Gasteiger partial charge in [0.2, 0.25) is 5.95 Å². The second-order valence-corrected chi connectivity index (χ2v) is 6.49. The summed E-state index contributed by atoms with van der Waals surface area (Å²) in [7, 11) is 0. The van der Waals surface area contributed by atoms with E-state index < -0.39 is 0 Å². The zero-order valence-corrected chi connectivity index (χ0v) is 15.0. The average Bonchev–Trinajstić information content (AvgIpc) is 2.68. The quantitative estimate of drug-likeness (QED) is 0.749. The van der Waals surface area contributed by atoms with Gasteiger partial charge in [-0.2, -0.15) is 0 Å². The molecule has 136 valence electrons. The number of hydrogen-bond donors (Lipinski definition) is 0. The van der Waals surface area contributed by atoms with Gasteiger partial charge in [0, 0.05) is 38.6 Å². The maximum atomic E-state index is 11.3. The molecule has 1 atom stereocenters. The number of rotatable bonds is 6. The highest BCUT2D eigenvalue weighted by molar-refractivity contribution is 5.93. The first-order valence-corrected chi connectivity index (χ1v) is 8.86. The van der Waals surface area contributed by atoms with Crippen molar-refractivity contribution in [1.29, 1.82) is 0 Å². The fourth-order valence-corrected chi connectivity index (χ4v) is 2.93. The fourth-order valence-electron chi connectivity index (χ4n) is 2.93. The molecule has 0 radical (unpaired) electrons. The predicted octanol–water partition coefficient (Wildman–Crippen LogP) is 2.94. The van der Waals surface area contributed by atoms with E-state index in [0.717, 1.165) is 38.3 Å². The van der Waals surface area contributed by atoms with Crippen molar-refractivity contribution in [2.45, 2.75) is 13.0 Å². The molecule has 1 saturated heterocycles. The Balaban J connectivity index is 1.47. The van der Waals surface area contributed by atoms with Crippen molar-refractivity contribution in [2.24, 2.45) is 0 Å². The molecular weight excluding hydrogens is 326 g/mol. The third kappa shape index (κ3) is 4.97. The van der Waals surface area contributed by atoms with Crippen molar-refractivity contribution in [3.05, 3.63) is 65.7 Å². The number of anilines is 1. The van der Waals surface area contributed by atoms with Gasteiger partial charge in [-0.25, -0.2) is 9.97 Å². The summed E-state index contributed by atoms with van der Waals surface area (Å²) in [5, 5.41) is 0. The Hall–Kier alpha value is -2.57. The number of Topliss-reactive ketones (excluding diaryl/α,β-unsaturated/α-hetero) is 1. The Morgan fingerprint density at radius 1 is 1.15 bits per heavy atom. The summed E-state index contributed by atoms with van der Waals surface area (Å²) in [5.74, 6) is 0.646. The molecule has 6 heteroatoms. The van der Waals surface area contributed by atoms with Crippen LogP contribution in [-0.2, 0) is 0 Å². The van der Waals surface area contributed by atoms with Crippen LogP contribution in [0.2, 0.25) is 0 Å². The van der Waals surface area contributed by atoms with Gasteiger partial charge in [-0.05, 0) is 19.0 Å². The predicted molar refractivity (Wildman–Crippen MR) is 104 cm³/mol. The molecular formula is C20H24N5O-. The number of ketones is 1. The van der Waals surface area contributed by atoms with E-state index >= 15 is 0 Å². The topological polar surface area (TPSA) is 73.1 Å². The van der Waals surface area contributed by atoms with Crippen LogP contribution in [0.3, 0.4) is 0 Å². The van der Waals surface area contributed by atoms with Crippen LogP contribution < -0.4 is 4.90 Å². The molecule has 0 spiro atoms. The van der Waals surface area contributed by atoms with Gasteiger partial charge in [0.1, 0.15) is 0 Å². The Morgan fingerprint density at radius 3 is 2.42 bits per heavy atom. The summed E-state index contributed by atoms with van der Waals surface area (Å²) < 4.78 is 0. The standard InChI is InChI=1S/C20H24N5O/c1-16(26)18-13-22-20(23-14-18)25-11-9-24(10-12-25)15-19(21)8-7-17-5-3-2-4-6-17/h2-8,13-14,19,21H,9-12,15H2,1H3/q-1/b8-7+. The number of aromatic nitrogens is 2. The highest BCUT2D eigenvalue weighted by atomic mass is 16.1. The summed E-state index contributed by atoms with van der Waals surface area (Å²) in [5.41, 5.74) is 9.90. The maximum absolute atomic E-state index is 11.3. The van der Waals surface area contributed by atoms with Crippen LogP contribution in [0.15, 0.2) is 48.8 Å². The van der Waals surface area contributed by atoms with Gasteiger partial charge < -0.3 is 15.5 Å². The number of hydrogen-bond acceptors (Lipinski definition) is 5. The van der Waals surface area contributed by atoms with Crippen LogP contribution in [0.4, 0.5) is 5.95 Å². The van der Waals surface area contributed by atoms with Gasteiger partial charge in [0.05, 0.1) is 5.56 Å². The minimum absolute atomic E-state index is 0.0218. The number of carbonyl (C=O) groups excluding carboxylic acids is 1. The van der Waals surface area contributed by atoms with Crippen molar-refractivity contribution in [2.75, 3.05) is 37.6 Å². The molecule has 0 saturated carbocycles. The molecule has 1 N–H and O–H groups in total. The van der Waals surface area contributed by atoms with Gasteiger partial charge in [0.15, 0.2) is 5.78 Å². The van der Waals surface area contributed by atoms with Gasteiger partial charge in [-0.1, -0.05) is 36.4 Å². The first-order chi connectivity index (χ1) is 12.6. The SMILES string of the molecule is CC(=O)c1cnc(N2CCN(CC([NH-])/C=C/c3ccccc3)CC2)nc1. The summed E-state index contributed by atoms with van der Waals surface area (Å²) in [6.07, 6.45) is 7.14. The van der Waals surface area contributed by atoms with Crippen molar-refractivity contribution < 1.29 is 4.79 Å². The first kappa shape index (κ1) is 18.2. The van der Waals surface area contributed by atoms with E-state index in [-0.39, 0.29) is 11.8 Å². The molecule has 0 bridgehead atoms. The lowest BCUT2D eigenvalue weighted by atomic mass is 10.1. The Labute approximate surface area is 154 Å².